The highest BCUT2D eigenvalue weighted by molar-refractivity contribution is 7.13. The molecule has 0 bridgehead atoms. The summed E-state index contributed by atoms with van der Waals surface area (Å²) < 4.78 is 1.74. The van der Waals surface area contributed by atoms with Gasteiger partial charge in [0, 0.05) is 42.8 Å². The molecule has 22 heavy (non-hydrogen) atoms. The number of rotatable bonds is 4. The lowest BCUT2D eigenvalue weighted by Gasteiger charge is -2.31. The molecule has 1 saturated heterocycles. The van der Waals surface area contributed by atoms with E-state index in [-0.39, 0.29) is 18.0 Å². The number of nitrogens with zero attached hydrogens (tertiary/aromatic N) is 4. The van der Waals surface area contributed by atoms with Crippen molar-refractivity contribution in [3.05, 3.63) is 23.5 Å². The second-order valence-electron chi connectivity index (χ2n) is 5.89. The van der Waals surface area contributed by atoms with Gasteiger partial charge < -0.3 is 10.2 Å². The fourth-order valence-electron chi connectivity index (χ4n) is 2.87. The van der Waals surface area contributed by atoms with Crippen molar-refractivity contribution in [2.75, 3.05) is 13.1 Å². The van der Waals surface area contributed by atoms with Crippen LogP contribution < -0.4 is 5.32 Å². The third-order valence-electron chi connectivity index (χ3n) is 3.89. The normalized spacial score (nSPS) is 18.1. The van der Waals surface area contributed by atoms with Crippen molar-refractivity contribution in [3.8, 4) is 10.6 Å². The summed E-state index contributed by atoms with van der Waals surface area (Å²) in [5.41, 5.74) is 1.48. The van der Waals surface area contributed by atoms with Gasteiger partial charge in [-0.2, -0.15) is 5.10 Å². The van der Waals surface area contributed by atoms with Gasteiger partial charge in [0.2, 0.25) is 0 Å². The van der Waals surface area contributed by atoms with Gasteiger partial charge in [-0.3, -0.25) is 9.48 Å². The molecule has 118 valence electrons. The van der Waals surface area contributed by atoms with Gasteiger partial charge in [-0.05, 0) is 26.8 Å². The Balaban J connectivity index is 1.83. The van der Waals surface area contributed by atoms with E-state index in [2.05, 4.69) is 29.2 Å². The van der Waals surface area contributed by atoms with Crippen molar-refractivity contribution < 1.29 is 4.79 Å². The molecule has 0 radical (unpaired) electrons. The largest absolute Gasteiger partial charge is 0.331 e. The van der Waals surface area contributed by atoms with E-state index in [0.29, 0.717) is 5.69 Å². The van der Waals surface area contributed by atoms with Gasteiger partial charge >= 0.3 is 0 Å². The van der Waals surface area contributed by atoms with Crippen molar-refractivity contribution in [2.45, 2.75) is 32.4 Å². The maximum absolute atomic E-state index is 12.8. The van der Waals surface area contributed by atoms with E-state index in [9.17, 15) is 4.79 Å². The van der Waals surface area contributed by atoms with Gasteiger partial charge in [0.25, 0.3) is 5.91 Å². The average molecular weight is 319 g/mol. The molecule has 0 saturated carbocycles. The van der Waals surface area contributed by atoms with E-state index in [1.807, 2.05) is 23.5 Å². The molecular weight excluding hydrogens is 298 g/mol. The van der Waals surface area contributed by atoms with Crippen LogP contribution in [0.4, 0.5) is 0 Å². The van der Waals surface area contributed by atoms with Gasteiger partial charge in [0.15, 0.2) is 0 Å². The molecule has 1 N–H and O–H groups in total. The van der Waals surface area contributed by atoms with Gasteiger partial charge in [-0.1, -0.05) is 0 Å². The summed E-state index contributed by atoms with van der Waals surface area (Å²) in [6.07, 6.45) is 4.69. The first kappa shape index (κ1) is 15.2. The number of aromatic nitrogens is 3. The first-order chi connectivity index (χ1) is 10.6. The van der Waals surface area contributed by atoms with Gasteiger partial charge in [-0.25, -0.2) is 4.98 Å². The molecule has 0 spiro atoms. The SMILES string of the molecule is CC(C)N(C(=O)c1csc(-c2cnn(C)c2)n1)[C@H]1CCNC1. The van der Waals surface area contributed by atoms with E-state index < -0.39 is 0 Å². The molecule has 1 atom stereocenters. The first-order valence-corrected chi connectivity index (χ1v) is 8.42. The highest BCUT2D eigenvalue weighted by Crippen LogP contribution is 2.25. The summed E-state index contributed by atoms with van der Waals surface area (Å²) in [5, 5.41) is 10.2. The lowest BCUT2D eigenvalue weighted by atomic mass is 10.1. The van der Waals surface area contributed by atoms with E-state index >= 15 is 0 Å². The number of aryl methyl sites for hydroxylation is 1. The van der Waals surface area contributed by atoms with Crippen LogP contribution in [0.2, 0.25) is 0 Å². The molecular formula is C15H21N5OS. The van der Waals surface area contributed by atoms with Gasteiger partial charge in [0.05, 0.1) is 6.20 Å². The van der Waals surface area contributed by atoms with Crippen molar-refractivity contribution in [1.82, 2.24) is 25.0 Å². The third-order valence-corrected chi connectivity index (χ3v) is 4.79. The maximum Gasteiger partial charge on any atom is 0.273 e. The lowest BCUT2D eigenvalue weighted by molar-refractivity contribution is 0.0621. The predicted molar refractivity (Wildman–Crippen MR) is 86.9 cm³/mol. The van der Waals surface area contributed by atoms with Crippen molar-refractivity contribution in [2.24, 2.45) is 7.05 Å². The van der Waals surface area contributed by atoms with Crippen LogP contribution in [0.5, 0.6) is 0 Å². The minimum atomic E-state index is 0.0232. The molecule has 3 rings (SSSR count). The predicted octanol–water partition coefficient (Wildman–Crippen LogP) is 1.76. The number of carbonyl (C=O) groups is 1. The minimum absolute atomic E-state index is 0.0232. The Morgan fingerprint density at radius 1 is 1.55 bits per heavy atom. The van der Waals surface area contributed by atoms with Gasteiger partial charge in [0.1, 0.15) is 10.7 Å². The van der Waals surface area contributed by atoms with E-state index in [1.54, 1.807) is 10.9 Å². The van der Waals surface area contributed by atoms with Crippen LogP contribution in [0.25, 0.3) is 10.6 Å². The molecule has 2 aromatic rings. The summed E-state index contributed by atoms with van der Waals surface area (Å²) in [7, 11) is 1.87. The number of amides is 1. The molecule has 7 heteroatoms. The molecule has 3 heterocycles. The molecule has 0 aliphatic carbocycles. The van der Waals surface area contributed by atoms with Crippen LogP contribution >= 0.6 is 11.3 Å². The second kappa shape index (κ2) is 6.18. The van der Waals surface area contributed by atoms with Crippen LogP contribution in [0, 0.1) is 0 Å². The van der Waals surface area contributed by atoms with Crippen molar-refractivity contribution in [3.63, 3.8) is 0 Å². The molecule has 1 fully saturated rings. The zero-order valence-corrected chi connectivity index (χ0v) is 13.9. The average Bonchev–Trinajstić information content (AvgIpc) is 3.18. The first-order valence-electron chi connectivity index (χ1n) is 7.54. The number of thiazole rings is 1. The third kappa shape index (κ3) is 2.91. The molecule has 0 aromatic carbocycles. The number of nitrogens with one attached hydrogen (secondary N) is 1. The summed E-state index contributed by atoms with van der Waals surface area (Å²) in [6, 6.07) is 0.428. The Morgan fingerprint density at radius 3 is 2.95 bits per heavy atom. The smallest absolute Gasteiger partial charge is 0.273 e. The molecule has 2 aromatic heterocycles. The van der Waals surface area contributed by atoms with Crippen LogP contribution in [0.1, 0.15) is 30.8 Å². The zero-order chi connectivity index (χ0) is 15.7. The molecule has 0 unspecified atom stereocenters. The molecule has 1 amide bonds. The molecule has 1 aliphatic rings. The number of carbonyl (C=O) groups excluding carboxylic acids is 1. The van der Waals surface area contributed by atoms with Crippen LogP contribution in [0.3, 0.4) is 0 Å². The summed E-state index contributed by atoms with van der Waals surface area (Å²) in [5.74, 6) is 0.0232. The topological polar surface area (TPSA) is 63.1 Å². The zero-order valence-electron chi connectivity index (χ0n) is 13.1. The fourth-order valence-corrected chi connectivity index (χ4v) is 3.64. The number of hydrogen-bond acceptors (Lipinski definition) is 5. The highest BCUT2D eigenvalue weighted by Gasteiger charge is 2.30. The molecule has 6 nitrogen and oxygen atoms in total. The summed E-state index contributed by atoms with van der Waals surface area (Å²) >= 11 is 1.49. The maximum atomic E-state index is 12.8. The van der Waals surface area contributed by atoms with Crippen LogP contribution in [0.15, 0.2) is 17.8 Å². The summed E-state index contributed by atoms with van der Waals surface area (Å²) in [6.45, 7) is 5.96. The fraction of sp³-hybridized carbons (Fsp3) is 0.533. The van der Waals surface area contributed by atoms with E-state index in [0.717, 1.165) is 30.1 Å². The lowest BCUT2D eigenvalue weighted by Crippen LogP contribution is -2.46. The second-order valence-corrected chi connectivity index (χ2v) is 6.75. The standard InChI is InChI=1S/C15H21N5OS/c1-10(2)20(12-4-5-16-7-12)15(21)13-9-22-14(18-13)11-6-17-19(3)8-11/h6,8-10,12,16H,4-5,7H2,1-3H3/t12-/m0/s1. The van der Waals surface area contributed by atoms with E-state index in [4.69, 9.17) is 0 Å². The Kier molecular flexibility index (Phi) is 4.26. The van der Waals surface area contributed by atoms with Gasteiger partial charge in [-0.15, -0.1) is 11.3 Å². The highest BCUT2D eigenvalue weighted by atomic mass is 32.1. The van der Waals surface area contributed by atoms with E-state index in [1.165, 1.54) is 11.3 Å². The minimum Gasteiger partial charge on any atom is -0.331 e. The van der Waals surface area contributed by atoms with Crippen LogP contribution in [-0.4, -0.2) is 50.7 Å². The molecule has 1 aliphatic heterocycles. The quantitative estimate of drug-likeness (QED) is 0.933. The van der Waals surface area contributed by atoms with Crippen molar-refractivity contribution in [1.29, 1.82) is 0 Å². The monoisotopic (exact) mass is 319 g/mol. The van der Waals surface area contributed by atoms with Crippen LogP contribution in [-0.2, 0) is 7.05 Å². The van der Waals surface area contributed by atoms with Crippen molar-refractivity contribution >= 4 is 17.2 Å². The Bertz CT molecular complexity index is 656. The number of hydrogen-bond donors (Lipinski definition) is 1. The Morgan fingerprint density at radius 2 is 2.36 bits per heavy atom. The summed E-state index contributed by atoms with van der Waals surface area (Å²) in [4.78, 5) is 19.3. The Hall–Kier alpha value is -1.73. The Labute approximate surface area is 134 Å².